The zero-order chi connectivity index (χ0) is 9.78. The lowest BCUT2D eigenvalue weighted by Crippen LogP contribution is -2.34. The average Bonchev–Trinajstić information content (AvgIpc) is 1.82. The van der Waals surface area contributed by atoms with Gasteiger partial charge in [0.15, 0.2) is 0 Å². The van der Waals surface area contributed by atoms with Crippen molar-refractivity contribution in [2.24, 2.45) is 0 Å². The molecule has 0 aliphatic heterocycles. The molecule has 1 atom stereocenters. The largest absolute Gasteiger partial charge is 0.343 e. The lowest BCUT2D eigenvalue weighted by atomic mass is 10.2. The van der Waals surface area contributed by atoms with Gasteiger partial charge in [-0.25, -0.2) is 8.78 Å². The molecule has 1 N–H and O–H groups in total. The Balaban J connectivity index is 3.85. The van der Waals surface area contributed by atoms with Crippen LogP contribution in [0.3, 0.4) is 0 Å². The summed E-state index contributed by atoms with van der Waals surface area (Å²) in [5.41, 5.74) is 0. The summed E-state index contributed by atoms with van der Waals surface area (Å²) < 4.78 is 24.4. The van der Waals surface area contributed by atoms with E-state index in [1.54, 1.807) is 6.92 Å². The number of halogens is 2. The molecule has 0 aromatic rings. The molecule has 4 heteroatoms. The van der Waals surface area contributed by atoms with Crippen molar-refractivity contribution in [1.29, 1.82) is 0 Å². The van der Waals surface area contributed by atoms with Crippen molar-refractivity contribution in [3.8, 4) is 12.3 Å². The minimum Gasteiger partial charge on any atom is -0.343 e. The SMILES string of the molecule is C#CC(C)NC(=O)CC(C)(F)F. The van der Waals surface area contributed by atoms with Crippen LogP contribution in [0.5, 0.6) is 0 Å². The van der Waals surface area contributed by atoms with Crippen molar-refractivity contribution in [3.05, 3.63) is 0 Å². The van der Waals surface area contributed by atoms with Gasteiger partial charge in [0.2, 0.25) is 5.91 Å². The number of carbonyl (C=O) groups is 1. The number of alkyl halides is 2. The van der Waals surface area contributed by atoms with Gasteiger partial charge in [0.1, 0.15) is 0 Å². The second-order valence-electron chi connectivity index (χ2n) is 2.70. The van der Waals surface area contributed by atoms with E-state index in [-0.39, 0.29) is 0 Å². The molecule has 0 rings (SSSR count). The highest BCUT2D eigenvalue weighted by atomic mass is 19.3. The fourth-order valence-corrected chi connectivity index (χ4v) is 0.616. The normalized spacial score (nSPS) is 13.2. The molecule has 1 unspecified atom stereocenters. The molecule has 12 heavy (non-hydrogen) atoms. The third-order valence-corrected chi connectivity index (χ3v) is 1.10. The summed E-state index contributed by atoms with van der Waals surface area (Å²) in [6.07, 6.45) is 4.11. The lowest BCUT2D eigenvalue weighted by Gasteiger charge is -2.11. The third kappa shape index (κ3) is 5.66. The van der Waals surface area contributed by atoms with Crippen LogP contribution in [0.25, 0.3) is 0 Å². The van der Waals surface area contributed by atoms with Gasteiger partial charge in [0, 0.05) is 0 Å². The highest BCUT2D eigenvalue weighted by Gasteiger charge is 2.25. The summed E-state index contributed by atoms with van der Waals surface area (Å²) in [6.45, 7) is 2.23. The fourth-order valence-electron chi connectivity index (χ4n) is 0.616. The molecule has 0 aliphatic rings. The number of terminal acetylenes is 1. The predicted octanol–water partition coefficient (Wildman–Crippen LogP) is 1.17. The molecule has 1 amide bonds. The predicted molar refractivity (Wildman–Crippen MR) is 41.7 cm³/mol. The van der Waals surface area contributed by atoms with Crippen molar-refractivity contribution in [2.45, 2.75) is 32.2 Å². The van der Waals surface area contributed by atoms with Crippen LogP contribution in [0, 0.1) is 12.3 Å². The van der Waals surface area contributed by atoms with Crippen molar-refractivity contribution in [2.75, 3.05) is 0 Å². The van der Waals surface area contributed by atoms with E-state index >= 15 is 0 Å². The van der Waals surface area contributed by atoms with Crippen LogP contribution in [0.2, 0.25) is 0 Å². The van der Waals surface area contributed by atoms with Crippen LogP contribution in [0.15, 0.2) is 0 Å². The van der Waals surface area contributed by atoms with Gasteiger partial charge in [0.25, 0.3) is 5.92 Å². The Labute approximate surface area is 70.3 Å². The van der Waals surface area contributed by atoms with Gasteiger partial charge in [-0.05, 0) is 13.8 Å². The first-order valence-electron chi connectivity index (χ1n) is 3.48. The van der Waals surface area contributed by atoms with E-state index in [0.29, 0.717) is 6.92 Å². The molecule has 0 bridgehead atoms. The minimum absolute atomic E-state index is 0.500. The van der Waals surface area contributed by atoms with Gasteiger partial charge in [-0.2, -0.15) is 0 Å². The highest BCUT2D eigenvalue weighted by molar-refractivity contribution is 5.77. The van der Waals surface area contributed by atoms with E-state index in [1.165, 1.54) is 0 Å². The molecule has 0 spiro atoms. The maximum absolute atomic E-state index is 12.2. The summed E-state index contributed by atoms with van der Waals surface area (Å²) >= 11 is 0. The van der Waals surface area contributed by atoms with Crippen molar-refractivity contribution >= 4 is 5.91 Å². The highest BCUT2D eigenvalue weighted by Crippen LogP contribution is 2.15. The van der Waals surface area contributed by atoms with E-state index in [9.17, 15) is 13.6 Å². The summed E-state index contributed by atoms with van der Waals surface area (Å²) in [4.78, 5) is 10.7. The van der Waals surface area contributed by atoms with E-state index in [2.05, 4.69) is 11.2 Å². The van der Waals surface area contributed by atoms with E-state index in [0.717, 1.165) is 0 Å². The second-order valence-corrected chi connectivity index (χ2v) is 2.70. The van der Waals surface area contributed by atoms with E-state index in [1.807, 2.05) is 0 Å². The standard InChI is InChI=1S/C8H11F2NO/c1-4-6(2)11-7(12)5-8(3,9)10/h1,6H,5H2,2-3H3,(H,11,12). The van der Waals surface area contributed by atoms with Crippen molar-refractivity contribution < 1.29 is 13.6 Å². The zero-order valence-corrected chi connectivity index (χ0v) is 7.03. The Kier molecular flexibility index (Phi) is 3.68. The Bertz CT molecular complexity index is 202. The van der Waals surface area contributed by atoms with Gasteiger partial charge in [-0.3, -0.25) is 4.79 Å². The maximum Gasteiger partial charge on any atom is 0.254 e. The fraction of sp³-hybridized carbons (Fsp3) is 0.625. The summed E-state index contributed by atoms with van der Waals surface area (Å²) in [7, 11) is 0. The Hall–Kier alpha value is -1.11. The molecule has 0 heterocycles. The number of rotatable bonds is 3. The molecule has 0 fully saturated rings. The van der Waals surface area contributed by atoms with Gasteiger partial charge >= 0.3 is 0 Å². The van der Waals surface area contributed by atoms with Crippen LogP contribution in [0.4, 0.5) is 8.78 Å². The third-order valence-electron chi connectivity index (χ3n) is 1.10. The van der Waals surface area contributed by atoms with Gasteiger partial charge in [-0.15, -0.1) is 6.42 Å². The quantitative estimate of drug-likeness (QED) is 0.641. The first-order chi connectivity index (χ1) is 5.35. The maximum atomic E-state index is 12.2. The Morgan fingerprint density at radius 2 is 2.25 bits per heavy atom. The van der Waals surface area contributed by atoms with Crippen LogP contribution >= 0.6 is 0 Å². The molecule has 0 aromatic carbocycles. The molecule has 0 saturated heterocycles. The molecule has 0 saturated carbocycles. The molecule has 0 aliphatic carbocycles. The first-order valence-corrected chi connectivity index (χ1v) is 3.48. The molecular weight excluding hydrogens is 164 g/mol. The molecule has 0 radical (unpaired) electrons. The topological polar surface area (TPSA) is 29.1 Å². The number of hydrogen-bond donors (Lipinski definition) is 1. The van der Waals surface area contributed by atoms with Crippen LogP contribution in [0.1, 0.15) is 20.3 Å². The number of hydrogen-bond acceptors (Lipinski definition) is 1. The molecule has 68 valence electrons. The summed E-state index contributed by atoms with van der Waals surface area (Å²) in [5.74, 6) is -1.50. The van der Waals surface area contributed by atoms with E-state index < -0.39 is 24.3 Å². The zero-order valence-electron chi connectivity index (χ0n) is 7.03. The lowest BCUT2D eigenvalue weighted by molar-refractivity contribution is -0.127. The average molecular weight is 175 g/mol. The Morgan fingerprint density at radius 3 is 2.58 bits per heavy atom. The number of nitrogens with one attached hydrogen (secondary N) is 1. The Morgan fingerprint density at radius 1 is 1.75 bits per heavy atom. The number of carbonyl (C=O) groups excluding carboxylic acids is 1. The van der Waals surface area contributed by atoms with Crippen LogP contribution < -0.4 is 5.32 Å². The van der Waals surface area contributed by atoms with Gasteiger partial charge < -0.3 is 5.32 Å². The van der Waals surface area contributed by atoms with Gasteiger partial charge in [0.05, 0.1) is 12.5 Å². The number of amides is 1. The molecular formula is C8H11F2NO. The van der Waals surface area contributed by atoms with Crippen molar-refractivity contribution in [3.63, 3.8) is 0 Å². The molecule has 2 nitrogen and oxygen atoms in total. The van der Waals surface area contributed by atoms with Crippen LogP contribution in [-0.4, -0.2) is 17.9 Å². The van der Waals surface area contributed by atoms with Crippen molar-refractivity contribution in [1.82, 2.24) is 5.32 Å². The second kappa shape index (κ2) is 4.05. The molecule has 0 aromatic heterocycles. The summed E-state index contributed by atoms with van der Waals surface area (Å²) in [5, 5.41) is 2.23. The van der Waals surface area contributed by atoms with E-state index in [4.69, 9.17) is 6.42 Å². The summed E-state index contributed by atoms with van der Waals surface area (Å²) in [6, 6.07) is -0.500. The van der Waals surface area contributed by atoms with Gasteiger partial charge in [-0.1, -0.05) is 5.92 Å². The first kappa shape index (κ1) is 10.9. The smallest absolute Gasteiger partial charge is 0.254 e. The van der Waals surface area contributed by atoms with Crippen LogP contribution in [-0.2, 0) is 4.79 Å². The monoisotopic (exact) mass is 175 g/mol. The minimum atomic E-state index is -2.97.